The van der Waals surface area contributed by atoms with Gasteiger partial charge < -0.3 is 5.11 Å². The Morgan fingerprint density at radius 2 is 2.21 bits per heavy atom. The Hall–Kier alpha value is -0.410. The highest BCUT2D eigenvalue weighted by Crippen LogP contribution is 2.57. The Morgan fingerprint density at radius 3 is 2.68 bits per heavy atom. The van der Waals surface area contributed by atoms with Gasteiger partial charge in [0, 0.05) is 29.2 Å². The number of thiazole rings is 1. The van der Waals surface area contributed by atoms with E-state index in [0.29, 0.717) is 6.61 Å². The van der Waals surface area contributed by atoms with Gasteiger partial charge in [0.05, 0.1) is 10.7 Å². The van der Waals surface area contributed by atoms with Crippen molar-refractivity contribution in [2.45, 2.75) is 58.3 Å². The van der Waals surface area contributed by atoms with Crippen molar-refractivity contribution >= 4 is 11.3 Å². The molecule has 2 bridgehead atoms. The van der Waals surface area contributed by atoms with Crippen LogP contribution in [0, 0.1) is 17.3 Å². The maximum absolute atomic E-state index is 9.94. The van der Waals surface area contributed by atoms with Crippen molar-refractivity contribution in [2.75, 3.05) is 6.61 Å². The van der Waals surface area contributed by atoms with E-state index in [9.17, 15) is 5.11 Å². The lowest BCUT2D eigenvalue weighted by Crippen LogP contribution is -2.34. The van der Waals surface area contributed by atoms with Gasteiger partial charge in [-0.25, -0.2) is 4.98 Å². The molecule has 1 aromatic heterocycles. The number of hydrogen-bond donors (Lipinski definition) is 1. The molecule has 0 radical (unpaired) electrons. The van der Waals surface area contributed by atoms with Gasteiger partial charge in [0.1, 0.15) is 0 Å². The molecule has 1 aromatic rings. The molecule has 19 heavy (non-hydrogen) atoms. The molecule has 3 heteroatoms. The van der Waals surface area contributed by atoms with Gasteiger partial charge in [-0.2, -0.15) is 0 Å². The van der Waals surface area contributed by atoms with Crippen LogP contribution >= 0.6 is 11.3 Å². The normalized spacial score (nSPS) is 34.1. The molecule has 3 rings (SSSR count). The second-order valence-electron chi connectivity index (χ2n) is 7.65. The van der Waals surface area contributed by atoms with Gasteiger partial charge in [0.25, 0.3) is 0 Å². The van der Waals surface area contributed by atoms with Crippen LogP contribution < -0.4 is 0 Å². The van der Waals surface area contributed by atoms with Crippen LogP contribution in [0.5, 0.6) is 0 Å². The molecule has 2 saturated carbocycles. The summed E-state index contributed by atoms with van der Waals surface area (Å²) in [4.78, 5) is 4.83. The van der Waals surface area contributed by atoms with Crippen molar-refractivity contribution in [2.24, 2.45) is 17.3 Å². The molecule has 106 valence electrons. The molecule has 3 atom stereocenters. The highest BCUT2D eigenvalue weighted by Gasteiger charge is 2.50. The Balaban J connectivity index is 1.79. The minimum atomic E-state index is 0.135. The minimum absolute atomic E-state index is 0.135. The lowest BCUT2D eigenvalue weighted by molar-refractivity contribution is 0.0650. The molecular weight excluding hydrogens is 254 g/mol. The predicted octanol–water partition coefficient (Wildman–Crippen LogP) is 3.78. The third-order valence-electron chi connectivity index (χ3n) is 5.24. The molecule has 2 aliphatic carbocycles. The smallest absolute Gasteiger partial charge is 0.0935 e. The molecule has 1 N–H and O–H groups in total. The molecule has 0 saturated heterocycles. The summed E-state index contributed by atoms with van der Waals surface area (Å²) in [6.45, 7) is 6.99. The van der Waals surface area contributed by atoms with Crippen LogP contribution in [0.15, 0.2) is 5.38 Å². The van der Waals surface area contributed by atoms with E-state index in [0.717, 1.165) is 18.3 Å². The Bertz CT molecular complexity index is 462. The van der Waals surface area contributed by atoms with Gasteiger partial charge >= 0.3 is 0 Å². The first-order valence-corrected chi connectivity index (χ1v) is 8.37. The third kappa shape index (κ3) is 2.36. The first-order chi connectivity index (χ1) is 8.93. The lowest BCUT2D eigenvalue weighted by Gasteiger charge is -2.35. The maximum atomic E-state index is 9.94. The predicted molar refractivity (Wildman–Crippen MR) is 79.5 cm³/mol. The molecule has 0 spiro atoms. The van der Waals surface area contributed by atoms with Crippen molar-refractivity contribution in [1.29, 1.82) is 0 Å². The highest BCUT2D eigenvalue weighted by molar-refractivity contribution is 7.09. The van der Waals surface area contributed by atoms with Crippen LogP contribution in [0.25, 0.3) is 0 Å². The molecule has 0 amide bonds. The van der Waals surface area contributed by atoms with Crippen LogP contribution in [0.4, 0.5) is 0 Å². The van der Waals surface area contributed by atoms with Gasteiger partial charge in [-0.15, -0.1) is 11.3 Å². The van der Waals surface area contributed by atoms with E-state index in [-0.39, 0.29) is 10.8 Å². The van der Waals surface area contributed by atoms with Gasteiger partial charge in [-0.05, 0) is 31.1 Å². The largest absolute Gasteiger partial charge is 0.396 e. The topological polar surface area (TPSA) is 33.1 Å². The van der Waals surface area contributed by atoms with E-state index in [4.69, 9.17) is 4.98 Å². The molecule has 2 fully saturated rings. The summed E-state index contributed by atoms with van der Waals surface area (Å²) in [5.41, 5.74) is 1.48. The number of fused-ring (bicyclic) bond motifs is 2. The summed E-state index contributed by atoms with van der Waals surface area (Å²) in [6.07, 6.45) is 6.27. The van der Waals surface area contributed by atoms with Gasteiger partial charge in [0.15, 0.2) is 0 Å². The van der Waals surface area contributed by atoms with Crippen LogP contribution in [0.2, 0.25) is 0 Å². The fourth-order valence-corrected chi connectivity index (χ4v) is 5.24. The Kier molecular flexibility index (Phi) is 3.25. The lowest BCUT2D eigenvalue weighted by atomic mass is 9.71. The van der Waals surface area contributed by atoms with Crippen molar-refractivity contribution in [3.8, 4) is 0 Å². The number of rotatable bonds is 3. The van der Waals surface area contributed by atoms with Crippen LogP contribution in [-0.4, -0.2) is 16.7 Å². The summed E-state index contributed by atoms with van der Waals surface area (Å²) < 4.78 is 0. The summed E-state index contributed by atoms with van der Waals surface area (Å²) in [7, 11) is 0. The van der Waals surface area contributed by atoms with E-state index in [1.54, 1.807) is 11.3 Å². The van der Waals surface area contributed by atoms with Gasteiger partial charge in [0.2, 0.25) is 0 Å². The number of hydrogen-bond acceptors (Lipinski definition) is 3. The standard InChI is InChI=1S/C16H25NOS/c1-15(2,3)13-9-19-14(17-13)8-16(10-18)7-11-4-5-12(16)6-11/h9,11-12,18H,4-8,10H2,1-3H3. The van der Waals surface area contributed by atoms with Crippen molar-refractivity contribution < 1.29 is 5.11 Å². The van der Waals surface area contributed by atoms with E-state index in [2.05, 4.69) is 26.2 Å². The second-order valence-corrected chi connectivity index (χ2v) is 8.60. The fraction of sp³-hybridized carbons (Fsp3) is 0.812. The third-order valence-corrected chi connectivity index (χ3v) is 6.09. The molecule has 2 aliphatic rings. The van der Waals surface area contributed by atoms with Crippen molar-refractivity contribution in [3.05, 3.63) is 16.1 Å². The molecule has 1 heterocycles. The monoisotopic (exact) mass is 279 g/mol. The summed E-state index contributed by atoms with van der Waals surface area (Å²) in [5, 5.41) is 13.4. The summed E-state index contributed by atoms with van der Waals surface area (Å²) in [5.74, 6) is 1.61. The Labute approximate surface area is 120 Å². The SMILES string of the molecule is CC(C)(C)c1csc(CC2(CO)CC3CCC2C3)n1. The molecule has 0 aliphatic heterocycles. The van der Waals surface area contributed by atoms with Crippen LogP contribution in [0.1, 0.15) is 57.2 Å². The molecule has 2 nitrogen and oxygen atoms in total. The molecule has 0 aromatic carbocycles. The highest BCUT2D eigenvalue weighted by atomic mass is 32.1. The summed E-state index contributed by atoms with van der Waals surface area (Å²) in [6, 6.07) is 0. The van der Waals surface area contributed by atoms with Gasteiger partial charge in [-0.3, -0.25) is 0 Å². The molecule has 3 unspecified atom stereocenters. The minimum Gasteiger partial charge on any atom is -0.396 e. The van der Waals surface area contributed by atoms with Gasteiger partial charge in [-0.1, -0.05) is 27.2 Å². The van der Waals surface area contributed by atoms with Crippen LogP contribution in [0.3, 0.4) is 0 Å². The van der Waals surface area contributed by atoms with E-state index < -0.39 is 0 Å². The number of aromatic nitrogens is 1. The zero-order valence-electron chi connectivity index (χ0n) is 12.3. The number of aliphatic hydroxyl groups is 1. The average molecular weight is 279 g/mol. The average Bonchev–Trinajstić information content (AvgIpc) is 3.02. The molecular formula is C16H25NOS. The maximum Gasteiger partial charge on any atom is 0.0935 e. The van der Waals surface area contributed by atoms with E-state index >= 15 is 0 Å². The van der Waals surface area contributed by atoms with Crippen molar-refractivity contribution in [1.82, 2.24) is 4.98 Å². The fourth-order valence-electron chi connectivity index (χ4n) is 4.06. The number of aliphatic hydroxyl groups excluding tert-OH is 1. The van der Waals surface area contributed by atoms with Crippen molar-refractivity contribution in [3.63, 3.8) is 0 Å². The first kappa shape index (κ1) is 13.6. The summed E-state index contributed by atoms with van der Waals surface area (Å²) >= 11 is 1.78. The zero-order chi connectivity index (χ0) is 13.7. The van der Waals surface area contributed by atoms with E-state index in [1.165, 1.54) is 36.4 Å². The quantitative estimate of drug-likeness (QED) is 0.913. The van der Waals surface area contributed by atoms with Crippen LogP contribution in [-0.2, 0) is 11.8 Å². The second kappa shape index (κ2) is 4.56. The zero-order valence-corrected chi connectivity index (χ0v) is 13.1. The number of nitrogens with zero attached hydrogens (tertiary/aromatic N) is 1. The first-order valence-electron chi connectivity index (χ1n) is 7.49. The van der Waals surface area contributed by atoms with E-state index in [1.807, 2.05) is 0 Å². The Morgan fingerprint density at radius 1 is 1.42 bits per heavy atom.